The summed E-state index contributed by atoms with van der Waals surface area (Å²) in [6.07, 6.45) is 6.91. The van der Waals surface area contributed by atoms with E-state index in [1.807, 2.05) is 6.92 Å². The van der Waals surface area contributed by atoms with Crippen molar-refractivity contribution >= 4 is 12.4 Å². The molecular weight excluding hydrogens is 425 g/mol. The number of aryl methyl sites for hydroxylation is 1. The van der Waals surface area contributed by atoms with Crippen molar-refractivity contribution in [3.05, 3.63) is 41.5 Å². The Balaban J connectivity index is 0.000000821. The van der Waals surface area contributed by atoms with Gasteiger partial charge in [-0.1, -0.05) is 25.0 Å². The molecule has 1 aliphatic heterocycles. The normalized spacial score (nSPS) is 24.8. The Morgan fingerprint density at radius 1 is 1.30 bits per heavy atom. The standard InChI is InChI=1S/C24H30FN3O2.CH2O2/c1-15-22(27-24(30-15)18-8-4-5-9-21(18)25)14-28-11-10-16-12-19(20(16)13-28)23(29)26-17-6-2-3-7-17;2-1-3/h4-5,8-9,16-17,19-20H,2-3,6-7,10-14H2,1H3,(H,26,29);1H,(H,2,3)/t16-,19-,20-;/m1./s1. The highest BCUT2D eigenvalue weighted by Gasteiger charge is 2.47. The number of benzene rings is 1. The zero-order valence-corrected chi connectivity index (χ0v) is 19.0. The van der Waals surface area contributed by atoms with Gasteiger partial charge in [0.05, 0.1) is 11.3 Å². The Labute approximate surface area is 193 Å². The molecule has 2 heterocycles. The Hall–Kier alpha value is -2.74. The molecule has 0 unspecified atom stereocenters. The molecule has 3 fully saturated rings. The van der Waals surface area contributed by atoms with Gasteiger partial charge in [0.15, 0.2) is 0 Å². The molecule has 1 aromatic heterocycles. The molecular formula is C25H32FN3O4. The molecule has 2 aromatic rings. The first-order valence-corrected chi connectivity index (χ1v) is 11.8. The quantitative estimate of drug-likeness (QED) is 0.659. The summed E-state index contributed by atoms with van der Waals surface area (Å²) >= 11 is 0. The highest BCUT2D eigenvalue weighted by atomic mass is 19.1. The number of amides is 1. The molecule has 178 valence electrons. The number of carboxylic acid groups (broad SMARTS) is 1. The molecule has 1 amide bonds. The van der Waals surface area contributed by atoms with E-state index in [0.717, 1.165) is 50.2 Å². The van der Waals surface area contributed by atoms with Crippen LogP contribution in [0.5, 0.6) is 0 Å². The summed E-state index contributed by atoms with van der Waals surface area (Å²) < 4.78 is 19.9. The average molecular weight is 458 g/mol. The van der Waals surface area contributed by atoms with Gasteiger partial charge in [-0.2, -0.15) is 0 Å². The second kappa shape index (κ2) is 10.5. The maximum absolute atomic E-state index is 14.1. The lowest BCUT2D eigenvalue weighted by atomic mass is 9.61. The molecule has 2 aliphatic carbocycles. The molecule has 2 N–H and O–H groups in total. The summed E-state index contributed by atoms with van der Waals surface area (Å²) in [5.41, 5.74) is 1.26. The molecule has 8 heteroatoms. The van der Waals surface area contributed by atoms with E-state index >= 15 is 0 Å². The lowest BCUT2D eigenvalue weighted by Gasteiger charge is -2.50. The molecule has 0 spiro atoms. The number of hydrogen-bond donors (Lipinski definition) is 2. The Morgan fingerprint density at radius 2 is 2.03 bits per heavy atom. The fourth-order valence-corrected chi connectivity index (χ4v) is 5.51. The van der Waals surface area contributed by atoms with Gasteiger partial charge in [0.2, 0.25) is 11.8 Å². The number of nitrogens with one attached hydrogen (secondary N) is 1. The minimum atomic E-state index is -0.323. The van der Waals surface area contributed by atoms with E-state index in [1.54, 1.807) is 18.2 Å². The highest BCUT2D eigenvalue weighted by molar-refractivity contribution is 5.80. The summed E-state index contributed by atoms with van der Waals surface area (Å²) in [5, 5.41) is 10.2. The maximum atomic E-state index is 14.1. The van der Waals surface area contributed by atoms with Gasteiger partial charge in [0.1, 0.15) is 11.6 Å². The van der Waals surface area contributed by atoms with Crippen LogP contribution in [-0.4, -0.2) is 46.5 Å². The van der Waals surface area contributed by atoms with Crippen LogP contribution >= 0.6 is 0 Å². The number of aromatic nitrogens is 1. The Bertz CT molecular complexity index is 972. The van der Waals surface area contributed by atoms with E-state index in [0.29, 0.717) is 35.9 Å². The van der Waals surface area contributed by atoms with E-state index in [9.17, 15) is 9.18 Å². The molecule has 3 aliphatic rings. The Kier molecular flexibility index (Phi) is 7.42. The van der Waals surface area contributed by atoms with Gasteiger partial charge in [-0.15, -0.1) is 0 Å². The van der Waals surface area contributed by atoms with Crippen LogP contribution in [0.4, 0.5) is 4.39 Å². The van der Waals surface area contributed by atoms with Crippen molar-refractivity contribution in [1.29, 1.82) is 0 Å². The predicted molar refractivity (Wildman–Crippen MR) is 121 cm³/mol. The van der Waals surface area contributed by atoms with Gasteiger partial charge in [0.25, 0.3) is 6.47 Å². The molecule has 5 rings (SSSR count). The first-order valence-electron chi connectivity index (χ1n) is 11.8. The van der Waals surface area contributed by atoms with Gasteiger partial charge in [-0.3, -0.25) is 14.5 Å². The smallest absolute Gasteiger partial charge is 0.290 e. The monoisotopic (exact) mass is 457 g/mol. The van der Waals surface area contributed by atoms with E-state index in [2.05, 4.69) is 15.2 Å². The largest absolute Gasteiger partial charge is 0.483 e. The van der Waals surface area contributed by atoms with Gasteiger partial charge in [0, 0.05) is 25.0 Å². The number of piperidine rings is 1. The molecule has 3 atom stereocenters. The van der Waals surface area contributed by atoms with Crippen LogP contribution in [0.2, 0.25) is 0 Å². The number of rotatable bonds is 5. The van der Waals surface area contributed by atoms with Crippen molar-refractivity contribution in [2.75, 3.05) is 13.1 Å². The van der Waals surface area contributed by atoms with Crippen LogP contribution in [0.15, 0.2) is 28.7 Å². The van der Waals surface area contributed by atoms with Crippen molar-refractivity contribution in [3.63, 3.8) is 0 Å². The van der Waals surface area contributed by atoms with Crippen LogP contribution in [0.25, 0.3) is 11.5 Å². The van der Waals surface area contributed by atoms with Crippen LogP contribution in [0.1, 0.15) is 50.0 Å². The fourth-order valence-electron chi connectivity index (χ4n) is 5.51. The van der Waals surface area contributed by atoms with Crippen molar-refractivity contribution in [2.45, 2.75) is 58.0 Å². The van der Waals surface area contributed by atoms with Crippen LogP contribution in [0, 0.1) is 30.5 Å². The Morgan fingerprint density at radius 3 is 2.76 bits per heavy atom. The van der Waals surface area contributed by atoms with E-state index in [4.69, 9.17) is 14.3 Å². The van der Waals surface area contributed by atoms with Gasteiger partial charge < -0.3 is 14.8 Å². The maximum Gasteiger partial charge on any atom is 0.290 e. The number of halogens is 1. The first kappa shape index (κ1) is 23.4. The lowest BCUT2D eigenvalue weighted by molar-refractivity contribution is -0.137. The number of oxazole rings is 1. The van der Waals surface area contributed by atoms with Gasteiger partial charge in [-0.25, -0.2) is 9.37 Å². The van der Waals surface area contributed by atoms with Crippen LogP contribution in [0.3, 0.4) is 0 Å². The summed E-state index contributed by atoms with van der Waals surface area (Å²) in [7, 11) is 0. The van der Waals surface area contributed by atoms with Crippen molar-refractivity contribution in [1.82, 2.24) is 15.2 Å². The molecule has 33 heavy (non-hydrogen) atoms. The van der Waals surface area contributed by atoms with Crippen LogP contribution < -0.4 is 5.32 Å². The van der Waals surface area contributed by atoms with E-state index in [1.165, 1.54) is 18.9 Å². The lowest BCUT2D eigenvalue weighted by Crippen LogP contribution is -2.55. The third-order valence-corrected chi connectivity index (χ3v) is 7.37. The molecule has 0 bridgehead atoms. The average Bonchev–Trinajstić information content (AvgIpc) is 3.41. The number of hydrogen-bond acceptors (Lipinski definition) is 5. The van der Waals surface area contributed by atoms with Crippen molar-refractivity contribution in [3.8, 4) is 11.5 Å². The fraction of sp³-hybridized carbons (Fsp3) is 0.560. The van der Waals surface area contributed by atoms with Crippen LogP contribution in [-0.2, 0) is 16.1 Å². The molecule has 0 radical (unpaired) electrons. The number of carbonyl (C=O) groups excluding carboxylic acids is 1. The number of carbonyl (C=O) groups is 2. The second-order valence-corrected chi connectivity index (χ2v) is 9.39. The first-order chi connectivity index (χ1) is 16.0. The molecule has 1 aromatic carbocycles. The topological polar surface area (TPSA) is 95.7 Å². The number of fused-ring (bicyclic) bond motifs is 1. The second-order valence-electron chi connectivity index (χ2n) is 9.39. The molecule has 1 saturated heterocycles. The summed E-state index contributed by atoms with van der Waals surface area (Å²) in [5.74, 6) is 2.30. The van der Waals surface area contributed by atoms with Gasteiger partial charge >= 0.3 is 0 Å². The zero-order chi connectivity index (χ0) is 23.4. The van der Waals surface area contributed by atoms with E-state index < -0.39 is 0 Å². The summed E-state index contributed by atoms with van der Waals surface area (Å²) in [4.78, 5) is 28.1. The van der Waals surface area contributed by atoms with E-state index in [-0.39, 0.29) is 24.1 Å². The van der Waals surface area contributed by atoms with Crippen molar-refractivity contribution in [2.24, 2.45) is 17.8 Å². The molecule has 7 nitrogen and oxygen atoms in total. The molecule has 2 saturated carbocycles. The highest BCUT2D eigenvalue weighted by Crippen LogP contribution is 2.46. The number of likely N-dealkylation sites (tertiary alicyclic amines) is 1. The summed E-state index contributed by atoms with van der Waals surface area (Å²) in [6.45, 7) is 4.26. The predicted octanol–water partition coefficient (Wildman–Crippen LogP) is 4.01. The number of nitrogens with zero attached hydrogens (tertiary/aromatic N) is 2. The summed E-state index contributed by atoms with van der Waals surface area (Å²) in [6, 6.07) is 6.96. The minimum absolute atomic E-state index is 0.158. The van der Waals surface area contributed by atoms with Gasteiger partial charge in [-0.05, 0) is 63.1 Å². The zero-order valence-electron chi connectivity index (χ0n) is 19.0. The minimum Gasteiger partial charge on any atom is -0.483 e. The SMILES string of the molecule is Cc1oc(-c2ccccc2F)nc1CN1CC[C@@H]2C[C@@H](C(=O)NC3CCCC3)[C@@H]2C1.O=CO. The third kappa shape index (κ3) is 5.27. The third-order valence-electron chi connectivity index (χ3n) is 7.37. The van der Waals surface area contributed by atoms with Crippen molar-refractivity contribution < 1.29 is 23.5 Å².